The van der Waals surface area contributed by atoms with Gasteiger partial charge >= 0.3 is 0 Å². The molecule has 2 heterocycles. The van der Waals surface area contributed by atoms with Crippen molar-refractivity contribution in [3.05, 3.63) is 23.3 Å². The van der Waals surface area contributed by atoms with E-state index in [0.717, 1.165) is 35.6 Å². The lowest BCUT2D eigenvalue weighted by Gasteiger charge is -2.49. The first-order valence-corrected chi connectivity index (χ1v) is 10.9. The van der Waals surface area contributed by atoms with Crippen LogP contribution in [0, 0.1) is 12.8 Å². The second-order valence-electron chi connectivity index (χ2n) is 8.69. The molecule has 2 atom stereocenters. The molecule has 1 saturated carbocycles. The van der Waals surface area contributed by atoms with E-state index in [1.807, 2.05) is 0 Å². The fraction of sp³-hybridized carbons (Fsp3) is 0.739. The second-order valence-corrected chi connectivity index (χ2v) is 8.69. The molecule has 3 aliphatic rings. The molecule has 3 fully saturated rings. The Bertz CT molecular complexity index is 642. The number of benzene rings is 1. The molecule has 27 heavy (non-hydrogen) atoms. The number of methoxy groups -OCH3 is 2. The fourth-order valence-electron chi connectivity index (χ4n) is 6.02. The summed E-state index contributed by atoms with van der Waals surface area (Å²) in [6.07, 6.45) is 9.89. The molecule has 0 aromatic heterocycles. The number of hydrogen-bond donors (Lipinski definition) is 0. The third kappa shape index (κ3) is 3.71. The van der Waals surface area contributed by atoms with Crippen LogP contribution < -0.4 is 9.47 Å². The molecule has 2 unspecified atom stereocenters. The smallest absolute Gasteiger partial charge is 0.129 e. The van der Waals surface area contributed by atoms with Gasteiger partial charge in [0.15, 0.2) is 0 Å². The van der Waals surface area contributed by atoms with Crippen LogP contribution in [0.3, 0.4) is 0 Å². The maximum absolute atomic E-state index is 5.81. The van der Waals surface area contributed by atoms with Crippen LogP contribution in [-0.4, -0.2) is 55.7 Å². The van der Waals surface area contributed by atoms with Gasteiger partial charge < -0.3 is 9.47 Å². The summed E-state index contributed by atoms with van der Waals surface area (Å²) in [7, 11) is 3.53. The Morgan fingerprint density at radius 1 is 0.926 bits per heavy atom. The van der Waals surface area contributed by atoms with E-state index in [-0.39, 0.29) is 0 Å². The summed E-state index contributed by atoms with van der Waals surface area (Å²) < 4.78 is 11.3. The van der Waals surface area contributed by atoms with Crippen molar-refractivity contribution < 1.29 is 9.47 Å². The van der Waals surface area contributed by atoms with Crippen molar-refractivity contribution in [3.8, 4) is 11.5 Å². The third-order valence-corrected chi connectivity index (χ3v) is 7.27. The molecule has 0 bridgehead atoms. The normalized spacial score (nSPS) is 27.5. The molecular weight excluding hydrogens is 336 g/mol. The van der Waals surface area contributed by atoms with Crippen LogP contribution in [0.1, 0.15) is 56.1 Å². The van der Waals surface area contributed by atoms with E-state index in [0.29, 0.717) is 6.04 Å². The van der Waals surface area contributed by atoms with E-state index < -0.39 is 0 Å². The van der Waals surface area contributed by atoms with E-state index in [4.69, 9.17) is 9.47 Å². The minimum atomic E-state index is 0.716. The van der Waals surface area contributed by atoms with Gasteiger partial charge in [-0.25, -0.2) is 0 Å². The molecule has 1 aromatic carbocycles. The van der Waals surface area contributed by atoms with E-state index >= 15 is 0 Å². The number of rotatable bonds is 5. The molecule has 4 rings (SSSR count). The first-order valence-electron chi connectivity index (χ1n) is 10.9. The standard InChI is InChI=1S/C23H36N2O2/c1-17-21(26-2)12-11-19(23(17)27-3)16-25-15-14-24-13-7-10-20(24)22(25)18-8-5-4-6-9-18/h11-12,18,20,22H,4-10,13-16H2,1-3H3. The van der Waals surface area contributed by atoms with Crippen LogP contribution in [0.4, 0.5) is 0 Å². The summed E-state index contributed by atoms with van der Waals surface area (Å²) in [6.45, 7) is 6.83. The Morgan fingerprint density at radius 3 is 2.48 bits per heavy atom. The Labute approximate surface area is 164 Å². The number of nitrogens with zero attached hydrogens (tertiary/aromatic N) is 2. The second kappa shape index (κ2) is 8.40. The van der Waals surface area contributed by atoms with Crippen molar-refractivity contribution in [3.63, 3.8) is 0 Å². The molecule has 2 saturated heterocycles. The van der Waals surface area contributed by atoms with E-state index in [1.54, 1.807) is 14.2 Å². The minimum absolute atomic E-state index is 0.716. The molecule has 4 heteroatoms. The highest BCUT2D eigenvalue weighted by atomic mass is 16.5. The van der Waals surface area contributed by atoms with E-state index in [9.17, 15) is 0 Å². The third-order valence-electron chi connectivity index (χ3n) is 7.27. The fourth-order valence-corrected chi connectivity index (χ4v) is 6.02. The highest BCUT2D eigenvalue weighted by molar-refractivity contribution is 5.49. The Hall–Kier alpha value is -1.26. The van der Waals surface area contributed by atoms with Crippen molar-refractivity contribution in [1.82, 2.24) is 9.80 Å². The van der Waals surface area contributed by atoms with E-state index in [1.165, 1.54) is 70.1 Å². The van der Waals surface area contributed by atoms with E-state index in [2.05, 4.69) is 28.9 Å². The predicted octanol–water partition coefficient (Wildman–Crippen LogP) is 4.24. The van der Waals surface area contributed by atoms with Crippen LogP contribution in [0.2, 0.25) is 0 Å². The summed E-state index contributed by atoms with van der Waals surface area (Å²) in [5.41, 5.74) is 2.43. The molecule has 1 aliphatic carbocycles. The molecule has 0 N–H and O–H groups in total. The zero-order valence-corrected chi connectivity index (χ0v) is 17.4. The maximum atomic E-state index is 5.81. The van der Waals surface area contributed by atoms with Crippen LogP contribution >= 0.6 is 0 Å². The van der Waals surface area contributed by atoms with Crippen molar-refractivity contribution in [2.24, 2.45) is 5.92 Å². The predicted molar refractivity (Wildman–Crippen MR) is 110 cm³/mol. The number of piperazine rings is 1. The summed E-state index contributed by atoms with van der Waals surface area (Å²) in [4.78, 5) is 5.58. The average molecular weight is 373 g/mol. The van der Waals surface area contributed by atoms with Gasteiger partial charge in [-0.1, -0.05) is 25.3 Å². The lowest BCUT2D eigenvalue weighted by atomic mass is 9.78. The van der Waals surface area contributed by atoms with Gasteiger partial charge in [0.25, 0.3) is 0 Å². The zero-order chi connectivity index (χ0) is 18.8. The quantitative estimate of drug-likeness (QED) is 0.772. The van der Waals surface area contributed by atoms with Gasteiger partial charge in [0.1, 0.15) is 11.5 Å². The van der Waals surface area contributed by atoms with Gasteiger partial charge in [0, 0.05) is 42.8 Å². The van der Waals surface area contributed by atoms with Crippen LogP contribution in [-0.2, 0) is 6.54 Å². The highest BCUT2D eigenvalue weighted by Gasteiger charge is 2.43. The molecule has 0 spiro atoms. The maximum Gasteiger partial charge on any atom is 0.129 e. The van der Waals surface area contributed by atoms with Crippen LogP contribution in [0.5, 0.6) is 11.5 Å². The molecule has 2 aliphatic heterocycles. The number of ether oxygens (including phenoxy) is 2. The zero-order valence-electron chi connectivity index (χ0n) is 17.4. The van der Waals surface area contributed by atoms with Gasteiger partial charge in [-0.3, -0.25) is 9.80 Å². The first-order chi connectivity index (χ1) is 13.2. The SMILES string of the molecule is COc1ccc(CN2CCN3CCCC3C2C2CCCCC2)c(OC)c1C. The summed E-state index contributed by atoms with van der Waals surface area (Å²) >= 11 is 0. The molecule has 4 nitrogen and oxygen atoms in total. The molecular formula is C23H36N2O2. The molecule has 0 radical (unpaired) electrons. The van der Waals surface area contributed by atoms with Crippen LogP contribution in [0.25, 0.3) is 0 Å². The van der Waals surface area contributed by atoms with Gasteiger partial charge in [-0.05, 0) is 51.1 Å². The lowest BCUT2D eigenvalue weighted by Crippen LogP contribution is -2.59. The Kier molecular flexibility index (Phi) is 5.93. The number of fused-ring (bicyclic) bond motifs is 1. The summed E-state index contributed by atoms with van der Waals surface area (Å²) in [6, 6.07) is 5.80. The summed E-state index contributed by atoms with van der Waals surface area (Å²) in [5.74, 6) is 2.79. The van der Waals surface area contributed by atoms with Gasteiger partial charge in [0.2, 0.25) is 0 Å². The van der Waals surface area contributed by atoms with Crippen molar-refractivity contribution >= 4 is 0 Å². The minimum Gasteiger partial charge on any atom is -0.496 e. The van der Waals surface area contributed by atoms with Crippen molar-refractivity contribution in [2.45, 2.75) is 70.5 Å². The lowest BCUT2D eigenvalue weighted by molar-refractivity contribution is -0.00414. The van der Waals surface area contributed by atoms with Gasteiger partial charge in [0.05, 0.1) is 14.2 Å². The molecule has 1 aromatic rings. The molecule has 0 amide bonds. The topological polar surface area (TPSA) is 24.9 Å². The van der Waals surface area contributed by atoms with Crippen molar-refractivity contribution in [1.29, 1.82) is 0 Å². The van der Waals surface area contributed by atoms with Crippen LogP contribution in [0.15, 0.2) is 12.1 Å². The number of hydrogen-bond acceptors (Lipinski definition) is 4. The molecule has 150 valence electrons. The highest BCUT2D eigenvalue weighted by Crippen LogP contribution is 2.39. The average Bonchev–Trinajstić information content (AvgIpc) is 3.17. The Balaban J connectivity index is 1.60. The largest absolute Gasteiger partial charge is 0.496 e. The first kappa shape index (κ1) is 19.1. The monoisotopic (exact) mass is 372 g/mol. The van der Waals surface area contributed by atoms with Crippen molar-refractivity contribution in [2.75, 3.05) is 33.9 Å². The Morgan fingerprint density at radius 2 is 1.74 bits per heavy atom. The summed E-state index contributed by atoms with van der Waals surface area (Å²) in [5, 5.41) is 0. The van der Waals surface area contributed by atoms with Gasteiger partial charge in [-0.2, -0.15) is 0 Å². The van der Waals surface area contributed by atoms with Gasteiger partial charge in [-0.15, -0.1) is 0 Å².